The maximum atomic E-state index is 12.2. The summed E-state index contributed by atoms with van der Waals surface area (Å²) in [6, 6.07) is 3.51. The molecule has 0 bridgehead atoms. The molecule has 1 aromatic heterocycles. The average Bonchev–Trinajstić information content (AvgIpc) is 3.22. The Bertz CT molecular complexity index is 933. The number of carbonyl (C=O) groups is 1. The topological polar surface area (TPSA) is 103 Å². The maximum Gasteiger partial charge on any atom is 0.248 e. The van der Waals surface area contributed by atoms with Crippen LogP contribution < -0.4 is 15.8 Å². The van der Waals surface area contributed by atoms with Gasteiger partial charge < -0.3 is 25.4 Å². The third-order valence-corrected chi connectivity index (χ3v) is 4.19. The van der Waals surface area contributed by atoms with Gasteiger partial charge in [-0.1, -0.05) is 24.3 Å². The first-order chi connectivity index (χ1) is 14.8. The number of ether oxygens (including phenoxy) is 2. The number of nitrogens with two attached hydrogens (primary N) is 1. The lowest BCUT2D eigenvalue weighted by molar-refractivity contribution is -0.111. The highest BCUT2D eigenvalue weighted by Gasteiger charge is 2.20. The Morgan fingerprint density at radius 1 is 1.48 bits per heavy atom. The largest absolute Gasteiger partial charge is 0.486 e. The van der Waals surface area contributed by atoms with Crippen LogP contribution in [0.25, 0.3) is 10.9 Å². The van der Waals surface area contributed by atoms with Crippen molar-refractivity contribution < 1.29 is 18.7 Å². The molecule has 0 spiro atoms. The van der Waals surface area contributed by atoms with Crippen molar-refractivity contribution in [3.05, 3.63) is 42.2 Å². The van der Waals surface area contributed by atoms with E-state index in [9.17, 15) is 9.18 Å². The summed E-state index contributed by atoms with van der Waals surface area (Å²) in [4.78, 5) is 22.4. The molecule has 10 heteroatoms. The van der Waals surface area contributed by atoms with Crippen LogP contribution in [0.1, 0.15) is 6.42 Å². The smallest absolute Gasteiger partial charge is 0.248 e. The maximum absolute atomic E-state index is 12.2. The van der Waals surface area contributed by atoms with Crippen molar-refractivity contribution in [2.75, 3.05) is 51.6 Å². The zero-order chi connectivity index (χ0) is 22.8. The minimum absolute atomic E-state index is 0.0495. The molecule has 0 unspecified atom stereocenters. The quantitative estimate of drug-likeness (QED) is 0.623. The van der Waals surface area contributed by atoms with E-state index in [0.717, 1.165) is 6.42 Å². The molecule has 1 atom stereocenters. The molecule has 2 heterocycles. The molecule has 1 aromatic carbocycles. The second-order valence-corrected chi connectivity index (χ2v) is 7.57. The highest BCUT2D eigenvalue weighted by molar-refractivity contribution is 6.29. The number of carbonyl (C=O) groups excluding carboxylic acids is 1. The number of nitrogens with zero attached hydrogens (tertiary/aromatic N) is 3. The van der Waals surface area contributed by atoms with Crippen LogP contribution >= 0.6 is 11.6 Å². The molecule has 168 valence electrons. The Hall–Kier alpha value is -2.75. The van der Waals surface area contributed by atoms with Gasteiger partial charge in [0.2, 0.25) is 5.91 Å². The van der Waals surface area contributed by atoms with E-state index < -0.39 is 6.67 Å². The Labute approximate surface area is 185 Å². The second-order valence-electron chi connectivity index (χ2n) is 7.03. The lowest BCUT2D eigenvalue weighted by Crippen LogP contribution is -2.18. The van der Waals surface area contributed by atoms with Gasteiger partial charge in [-0.25, -0.2) is 14.4 Å². The van der Waals surface area contributed by atoms with E-state index in [1.807, 2.05) is 19.0 Å². The van der Waals surface area contributed by atoms with Crippen LogP contribution in [0.5, 0.6) is 5.75 Å². The van der Waals surface area contributed by atoms with Gasteiger partial charge in [-0.2, -0.15) is 0 Å². The number of alkyl halides is 1. The van der Waals surface area contributed by atoms with Crippen LogP contribution in [0.3, 0.4) is 0 Å². The number of fused-ring (bicyclic) bond motifs is 1. The van der Waals surface area contributed by atoms with E-state index in [0.29, 0.717) is 47.9 Å². The molecule has 0 radical (unpaired) electrons. The van der Waals surface area contributed by atoms with Crippen LogP contribution in [0.4, 0.5) is 15.9 Å². The lowest BCUT2D eigenvalue weighted by atomic mass is 10.2. The van der Waals surface area contributed by atoms with Gasteiger partial charge in [0.1, 0.15) is 30.7 Å². The number of amides is 1. The summed E-state index contributed by atoms with van der Waals surface area (Å²) < 4.78 is 22.3. The fourth-order valence-electron chi connectivity index (χ4n) is 2.63. The summed E-state index contributed by atoms with van der Waals surface area (Å²) in [5.41, 5.74) is 7.13. The van der Waals surface area contributed by atoms with Gasteiger partial charge in [0.05, 0.1) is 24.4 Å². The van der Waals surface area contributed by atoms with Gasteiger partial charge in [-0.3, -0.25) is 4.79 Å². The Morgan fingerprint density at radius 3 is 2.84 bits per heavy atom. The Kier molecular flexibility index (Phi) is 9.64. The molecule has 2 aromatic rings. The summed E-state index contributed by atoms with van der Waals surface area (Å²) in [7, 11) is 3.87. The van der Waals surface area contributed by atoms with Crippen LogP contribution in [0.2, 0.25) is 0 Å². The first-order valence-electron chi connectivity index (χ1n) is 9.60. The fraction of sp³-hybridized carbons (Fsp3) is 0.381. The third-order valence-electron chi connectivity index (χ3n) is 4.09. The molecule has 1 aliphatic heterocycles. The molecule has 1 amide bonds. The number of rotatable bonds is 7. The molecule has 0 saturated carbocycles. The number of anilines is 2. The van der Waals surface area contributed by atoms with Gasteiger partial charge in [-0.15, -0.1) is 0 Å². The summed E-state index contributed by atoms with van der Waals surface area (Å²) >= 11 is 4.89. The number of aromatic nitrogens is 2. The van der Waals surface area contributed by atoms with E-state index in [4.69, 9.17) is 26.8 Å². The predicted molar refractivity (Wildman–Crippen MR) is 121 cm³/mol. The Morgan fingerprint density at radius 2 is 2.23 bits per heavy atom. The van der Waals surface area contributed by atoms with E-state index in [-0.39, 0.29) is 17.0 Å². The summed E-state index contributed by atoms with van der Waals surface area (Å²) in [6.07, 6.45) is 5.45. The molecule has 1 saturated heterocycles. The lowest BCUT2D eigenvalue weighted by Gasteiger charge is -2.17. The molecular weight excluding hydrogens is 425 g/mol. The standard InChI is InChI=1S/C18H23N5O3.C3H4ClF/c1-23(2)6-3-4-17(24)22-15-8-13-14(20-11-21-18(13)19)9-16(15)26-12-5-7-25-10-12;1-3(4)2-5/h3-4,8-9,11-12H,5-7,10H2,1-2H3,(H,22,24)(H2,19,20,21);1-2H2/b4-3+;/t12-;/m1./s1. The van der Waals surface area contributed by atoms with Crippen LogP contribution in [-0.4, -0.2) is 67.4 Å². The van der Waals surface area contributed by atoms with Crippen molar-refractivity contribution in [2.24, 2.45) is 0 Å². The van der Waals surface area contributed by atoms with Crippen molar-refractivity contribution in [3.63, 3.8) is 0 Å². The van der Waals surface area contributed by atoms with Crippen molar-refractivity contribution >= 4 is 39.9 Å². The third kappa shape index (κ3) is 8.12. The van der Waals surface area contributed by atoms with E-state index in [1.54, 1.807) is 18.2 Å². The minimum atomic E-state index is -0.623. The number of halogens is 2. The first-order valence-corrected chi connectivity index (χ1v) is 9.98. The summed E-state index contributed by atoms with van der Waals surface area (Å²) in [5.74, 6) is 0.652. The van der Waals surface area contributed by atoms with E-state index in [1.165, 1.54) is 12.4 Å². The van der Waals surface area contributed by atoms with Crippen molar-refractivity contribution in [2.45, 2.75) is 12.5 Å². The molecular formula is C21H27ClFN5O3. The van der Waals surface area contributed by atoms with Crippen LogP contribution in [-0.2, 0) is 9.53 Å². The van der Waals surface area contributed by atoms with Gasteiger partial charge >= 0.3 is 0 Å². The van der Waals surface area contributed by atoms with Gasteiger partial charge in [0.15, 0.2) is 0 Å². The van der Waals surface area contributed by atoms with Gasteiger partial charge in [0, 0.05) is 35.5 Å². The van der Waals surface area contributed by atoms with E-state index >= 15 is 0 Å². The van der Waals surface area contributed by atoms with Gasteiger partial charge in [-0.05, 0) is 20.2 Å². The Balaban J connectivity index is 0.000000614. The van der Waals surface area contributed by atoms with Crippen molar-refractivity contribution in [3.8, 4) is 5.75 Å². The number of nitrogens with one attached hydrogen (secondary N) is 1. The summed E-state index contributed by atoms with van der Waals surface area (Å²) in [5, 5.41) is 3.58. The molecule has 31 heavy (non-hydrogen) atoms. The number of allylic oxidation sites excluding steroid dienone is 1. The number of likely N-dealkylation sites (N-methyl/N-ethyl adjacent to an activating group) is 1. The highest BCUT2D eigenvalue weighted by Crippen LogP contribution is 2.33. The average molecular weight is 452 g/mol. The van der Waals surface area contributed by atoms with Crippen molar-refractivity contribution in [1.82, 2.24) is 14.9 Å². The second kappa shape index (κ2) is 12.2. The fourth-order valence-corrected chi connectivity index (χ4v) is 2.63. The van der Waals surface area contributed by atoms with Gasteiger partial charge in [0.25, 0.3) is 0 Å². The molecule has 0 aliphatic carbocycles. The van der Waals surface area contributed by atoms with Crippen molar-refractivity contribution in [1.29, 1.82) is 0 Å². The number of nitrogen functional groups attached to an aromatic ring is 1. The molecule has 1 aliphatic rings. The molecule has 8 nitrogen and oxygen atoms in total. The molecule has 1 fully saturated rings. The number of hydrogen-bond acceptors (Lipinski definition) is 7. The predicted octanol–water partition coefficient (Wildman–Crippen LogP) is 3.14. The zero-order valence-electron chi connectivity index (χ0n) is 17.6. The molecule has 3 rings (SSSR count). The normalized spacial score (nSPS) is 15.7. The summed E-state index contributed by atoms with van der Waals surface area (Å²) in [6.45, 7) is 4.31. The van der Waals surface area contributed by atoms with E-state index in [2.05, 4.69) is 21.9 Å². The van der Waals surface area contributed by atoms with Crippen LogP contribution in [0.15, 0.2) is 42.2 Å². The number of hydrogen-bond donors (Lipinski definition) is 2. The zero-order valence-corrected chi connectivity index (χ0v) is 18.4. The highest BCUT2D eigenvalue weighted by atomic mass is 35.5. The first kappa shape index (κ1) is 24.5. The SMILES string of the molecule is C=C(Cl)CF.CN(C)C/C=C/C(=O)Nc1cc2c(N)ncnc2cc1O[C@@H]1CCOC1. The van der Waals surface area contributed by atoms with Crippen LogP contribution in [0, 0.1) is 0 Å². The minimum Gasteiger partial charge on any atom is -0.486 e. The molecule has 3 N–H and O–H groups in total. The number of benzene rings is 1. The monoisotopic (exact) mass is 451 g/mol.